The highest BCUT2D eigenvalue weighted by atomic mass is 32.1. The molecule has 1 aromatic carbocycles. The maximum Gasteiger partial charge on any atom is 0.341 e. The quantitative estimate of drug-likeness (QED) is 0.815. The summed E-state index contributed by atoms with van der Waals surface area (Å²) in [4.78, 5) is 26.8. The van der Waals surface area contributed by atoms with Crippen molar-refractivity contribution in [2.24, 2.45) is 0 Å². The van der Waals surface area contributed by atoms with E-state index in [1.54, 1.807) is 0 Å². The molecule has 2 aromatic rings. The molecule has 6 nitrogen and oxygen atoms in total. The standard InChI is InChI=1S/C19H22N2O4S/c1-13-3-5-14(6-4-13)15-12-26-18(17(15)19(23)24-2)20-16(22)11-21-7-9-25-10-8-21/h3-6,12H,7-11H2,1-2H3,(H,20,22). The molecule has 1 aliphatic heterocycles. The second-order valence-corrected chi connectivity index (χ2v) is 7.03. The minimum absolute atomic E-state index is 0.144. The summed E-state index contributed by atoms with van der Waals surface area (Å²) in [7, 11) is 1.35. The lowest BCUT2D eigenvalue weighted by Gasteiger charge is -2.25. The monoisotopic (exact) mass is 374 g/mol. The summed E-state index contributed by atoms with van der Waals surface area (Å²) in [5, 5.41) is 5.27. The van der Waals surface area contributed by atoms with Gasteiger partial charge in [0.15, 0.2) is 0 Å². The Morgan fingerprint density at radius 3 is 2.58 bits per heavy atom. The van der Waals surface area contributed by atoms with E-state index >= 15 is 0 Å². The molecule has 2 heterocycles. The van der Waals surface area contributed by atoms with Crippen molar-refractivity contribution in [1.29, 1.82) is 0 Å². The van der Waals surface area contributed by atoms with Crippen LogP contribution in [0.5, 0.6) is 0 Å². The summed E-state index contributed by atoms with van der Waals surface area (Å²) < 4.78 is 10.2. The first-order valence-electron chi connectivity index (χ1n) is 8.45. The minimum Gasteiger partial charge on any atom is -0.465 e. The summed E-state index contributed by atoms with van der Waals surface area (Å²) in [6.07, 6.45) is 0. The molecular weight excluding hydrogens is 352 g/mol. The molecule has 1 aromatic heterocycles. The highest BCUT2D eigenvalue weighted by Crippen LogP contribution is 2.36. The lowest BCUT2D eigenvalue weighted by atomic mass is 10.0. The molecule has 1 N–H and O–H groups in total. The van der Waals surface area contributed by atoms with Crippen molar-refractivity contribution in [3.8, 4) is 11.1 Å². The Kier molecular flexibility index (Phi) is 6.03. The summed E-state index contributed by atoms with van der Waals surface area (Å²) in [6.45, 7) is 5.03. The van der Waals surface area contributed by atoms with Gasteiger partial charge in [-0.3, -0.25) is 9.69 Å². The van der Waals surface area contributed by atoms with Crippen molar-refractivity contribution < 1.29 is 19.1 Å². The molecule has 7 heteroatoms. The number of carbonyl (C=O) groups is 2. The van der Waals surface area contributed by atoms with Gasteiger partial charge in [0.25, 0.3) is 0 Å². The number of anilines is 1. The van der Waals surface area contributed by atoms with E-state index in [0.29, 0.717) is 23.8 Å². The lowest BCUT2D eigenvalue weighted by Crippen LogP contribution is -2.41. The van der Waals surface area contributed by atoms with E-state index < -0.39 is 5.97 Å². The molecule has 0 radical (unpaired) electrons. The fraction of sp³-hybridized carbons (Fsp3) is 0.368. The Labute approximate surface area is 156 Å². The number of carbonyl (C=O) groups excluding carboxylic acids is 2. The fourth-order valence-electron chi connectivity index (χ4n) is 2.83. The van der Waals surface area contributed by atoms with Crippen LogP contribution in [-0.2, 0) is 14.3 Å². The number of benzene rings is 1. The third-order valence-corrected chi connectivity index (χ3v) is 5.16. The predicted molar refractivity (Wildman–Crippen MR) is 102 cm³/mol. The van der Waals surface area contributed by atoms with Gasteiger partial charge in [0.2, 0.25) is 5.91 Å². The number of ether oxygens (including phenoxy) is 2. The van der Waals surface area contributed by atoms with Crippen LogP contribution >= 0.6 is 11.3 Å². The molecule has 3 rings (SSSR count). The molecular formula is C19H22N2O4S. The van der Waals surface area contributed by atoms with E-state index in [9.17, 15) is 9.59 Å². The second-order valence-electron chi connectivity index (χ2n) is 6.15. The van der Waals surface area contributed by atoms with E-state index in [-0.39, 0.29) is 12.5 Å². The Morgan fingerprint density at radius 1 is 1.23 bits per heavy atom. The predicted octanol–water partition coefficient (Wildman–Crippen LogP) is 2.78. The van der Waals surface area contributed by atoms with Gasteiger partial charge in [0.1, 0.15) is 10.6 Å². The van der Waals surface area contributed by atoms with Gasteiger partial charge in [0, 0.05) is 24.0 Å². The molecule has 0 spiro atoms. The van der Waals surface area contributed by atoms with Crippen LogP contribution in [0.1, 0.15) is 15.9 Å². The van der Waals surface area contributed by atoms with E-state index in [0.717, 1.165) is 29.8 Å². The van der Waals surface area contributed by atoms with Crippen molar-refractivity contribution >= 4 is 28.2 Å². The Morgan fingerprint density at radius 2 is 1.92 bits per heavy atom. The largest absolute Gasteiger partial charge is 0.465 e. The number of morpholine rings is 1. The maximum atomic E-state index is 12.4. The zero-order valence-electron chi connectivity index (χ0n) is 14.9. The first-order valence-corrected chi connectivity index (χ1v) is 9.33. The molecule has 138 valence electrons. The topological polar surface area (TPSA) is 67.9 Å². The molecule has 26 heavy (non-hydrogen) atoms. The first-order chi connectivity index (χ1) is 12.6. The molecule has 1 saturated heterocycles. The number of hydrogen-bond donors (Lipinski definition) is 1. The molecule has 0 saturated carbocycles. The summed E-state index contributed by atoms with van der Waals surface area (Å²) in [5.41, 5.74) is 3.23. The lowest BCUT2D eigenvalue weighted by molar-refractivity contribution is -0.118. The number of hydrogen-bond acceptors (Lipinski definition) is 6. The van der Waals surface area contributed by atoms with Crippen LogP contribution in [0.3, 0.4) is 0 Å². The molecule has 0 unspecified atom stereocenters. The van der Waals surface area contributed by atoms with Gasteiger partial charge in [-0.1, -0.05) is 29.8 Å². The number of aryl methyl sites for hydroxylation is 1. The summed E-state index contributed by atoms with van der Waals surface area (Å²) in [5.74, 6) is -0.599. The van der Waals surface area contributed by atoms with Gasteiger partial charge >= 0.3 is 5.97 Å². The smallest absolute Gasteiger partial charge is 0.341 e. The van der Waals surface area contributed by atoms with Crippen LogP contribution < -0.4 is 5.32 Å². The normalized spacial score (nSPS) is 14.8. The number of amides is 1. The zero-order chi connectivity index (χ0) is 18.5. The van der Waals surface area contributed by atoms with Crippen LogP contribution in [-0.4, -0.2) is 56.7 Å². The van der Waals surface area contributed by atoms with Crippen LogP contribution in [0, 0.1) is 6.92 Å². The molecule has 0 aliphatic carbocycles. The fourth-order valence-corrected chi connectivity index (χ4v) is 3.80. The summed E-state index contributed by atoms with van der Waals surface area (Å²) in [6, 6.07) is 7.90. The Bertz CT molecular complexity index is 779. The van der Waals surface area contributed by atoms with Gasteiger partial charge in [-0.15, -0.1) is 11.3 Å². The molecule has 1 amide bonds. The molecule has 0 bridgehead atoms. The van der Waals surface area contributed by atoms with Crippen molar-refractivity contribution in [3.05, 3.63) is 40.8 Å². The van der Waals surface area contributed by atoms with Crippen LogP contribution in [0.4, 0.5) is 5.00 Å². The van der Waals surface area contributed by atoms with Gasteiger partial charge in [-0.2, -0.15) is 0 Å². The van der Waals surface area contributed by atoms with Crippen molar-refractivity contribution in [2.75, 3.05) is 45.3 Å². The number of thiophene rings is 1. The number of nitrogens with zero attached hydrogens (tertiary/aromatic N) is 1. The van der Waals surface area contributed by atoms with Gasteiger partial charge in [0.05, 0.1) is 26.9 Å². The summed E-state index contributed by atoms with van der Waals surface area (Å²) >= 11 is 1.33. The van der Waals surface area contributed by atoms with E-state index in [1.807, 2.05) is 41.5 Å². The Balaban J connectivity index is 1.81. The van der Waals surface area contributed by atoms with Crippen LogP contribution in [0.2, 0.25) is 0 Å². The van der Waals surface area contributed by atoms with Crippen molar-refractivity contribution in [2.45, 2.75) is 6.92 Å². The molecule has 1 aliphatic rings. The number of esters is 1. The average Bonchev–Trinajstić information content (AvgIpc) is 3.06. The molecule has 0 atom stereocenters. The van der Waals surface area contributed by atoms with E-state index in [4.69, 9.17) is 9.47 Å². The number of nitrogens with one attached hydrogen (secondary N) is 1. The third-order valence-electron chi connectivity index (χ3n) is 4.27. The van der Waals surface area contributed by atoms with Gasteiger partial charge in [-0.05, 0) is 12.5 Å². The van der Waals surface area contributed by atoms with Crippen molar-refractivity contribution in [3.63, 3.8) is 0 Å². The van der Waals surface area contributed by atoms with Gasteiger partial charge < -0.3 is 14.8 Å². The van der Waals surface area contributed by atoms with Crippen LogP contribution in [0.25, 0.3) is 11.1 Å². The highest BCUT2D eigenvalue weighted by molar-refractivity contribution is 7.15. The first kappa shape index (κ1) is 18.6. The second kappa shape index (κ2) is 8.44. The van der Waals surface area contributed by atoms with Crippen LogP contribution in [0.15, 0.2) is 29.6 Å². The highest BCUT2D eigenvalue weighted by Gasteiger charge is 2.23. The Hall–Kier alpha value is -2.22. The van der Waals surface area contributed by atoms with Gasteiger partial charge in [-0.25, -0.2) is 4.79 Å². The zero-order valence-corrected chi connectivity index (χ0v) is 15.7. The van der Waals surface area contributed by atoms with Crippen molar-refractivity contribution in [1.82, 2.24) is 4.90 Å². The van der Waals surface area contributed by atoms with E-state index in [2.05, 4.69) is 5.32 Å². The number of methoxy groups -OCH3 is 1. The minimum atomic E-state index is -0.455. The van der Waals surface area contributed by atoms with E-state index in [1.165, 1.54) is 18.4 Å². The average molecular weight is 374 g/mol. The maximum absolute atomic E-state index is 12.4. The number of rotatable bonds is 5. The SMILES string of the molecule is COC(=O)c1c(-c2ccc(C)cc2)csc1NC(=O)CN1CCOCC1. The third kappa shape index (κ3) is 4.30. The molecule has 1 fully saturated rings.